The van der Waals surface area contributed by atoms with Gasteiger partial charge in [0.05, 0.1) is 12.7 Å². The summed E-state index contributed by atoms with van der Waals surface area (Å²) >= 11 is 1.24. The summed E-state index contributed by atoms with van der Waals surface area (Å²) in [6.07, 6.45) is 9.24. The first-order valence-corrected chi connectivity index (χ1v) is 13.0. The lowest BCUT2D eigenvalue weighted by Crippen LogP contribution is -2.38. The van der Waals surface area contributed by atoms with Crippen molar-refractivity contribution in [3.63, 3.8) is 0 Å². The molecule has 12 heteroatoms. The Morgan fingerprint density at radius 1 is 1.25 bits per heavy atom. The summed E-state index contributed by atoms with van der Waals surface area (Å²) in [4.78, 5) is 23.1. The highest BCUT2D eigenvalue weighted by molar-refractivity contribution is 7.17. The van der Waals surface area contributed by atoms with Gasteiger partial charge in [-0.1, -0.05) is 43.3 Å². The number of nitrogens with one attached hydrogen (secondary N) is 2. The van der Waals surface area contributed by atoms with E-state index in [1.165, 1.54) is 28.3 Å². The van der Waals surface area contributed by atoms with Crippen LogP contribution in [0.25, 0.3) is 12.2 Å². The predicted molar refractivity (Wildman–Crippen MR) is 131 cm³/mol. The average molecular weight is 520 g/mol. The third kappa shape index (κ3) is 5.04. The van der Waals surface area contributed by atoms with Crippen molar-refractivity contribution in [3.05, 3.63) is 45.1 Å². The van der Waals surface area contributed by atoms with Crippen molar-refractivity contribution in [2.75, 3.05) is 11.4 Å². The second kappa shape index (κ2) is 10.1. The average Bonchev–Trinajstić information content (AvgIpc) is 3.60. The number of carbonyl (C=O) groups excluding carboxylic acids is 1. The van der Waals surface area contributed by atoms with E-state index in [1.807, 2.05) is 11.1 Å². The predicted octanol–water partition coefficient (Wildman–Crippen LogP) is 2.99. The number of rotatable bonds is 8. The summed E-state index contributed by atoms with van der Waals surface area (Å²) in [7, 11) is 0. The largest absolute Gasteiger partial charge is 0.451 e. The number of H-pyrrole nitrogens is 1. The van der Waals surface area contributed by atoms with E-state index in [2.05, 4.69) is 44.6 Å². The van der Waals surface area contributed by atoms with Crippen LogP contribution in [0, 0.1) is 0 Å². The molecule has 4 heterocycles. The van der Waals surface area contributed by atoms with Gasteiger partial charge < -0.3 is 19.8 Å². The number of hydrogen-bond donors (Lipinski definition) is 2. The van der Waals surface area contributed by atoms with Gasteiger partial charge in [-0.05, 0) is 36.5 Å². The second-order valence-electron chi connectivity index (χ2n) is 9.16. The van der Waals surface area contributed by atoms with Gasteiger partial charge in [0, 0.05) is 30.7 Å². The Morgan fingerprint density at radius 2 is 2.08 bits per heavy atom. The number of nitrogens with zero attached hydrogens (tertiary/aromatic N) is 5. The van der Waals surface area contributed by atoms with Crippen LogP contribution < -0.4 is 20.8 Å². The zero-order chi connectivity index (χ0) is 25.3. The van der Waals surface area contributed by atoms with Gasteiger partial charge in [-0.15, -0.1) is 10.2 Å². The Morgan fingerprint density at radius 3 is 2.89 bits per heavy atom. The van der Waals surface area contributed by atoms with E-state index < -0.39 is 12.0 Å². The Balaban J connectivity index is 1.27. The molecule has 0 spiro atoms. The molecular formula is C24H28F3N7OS. The van der Waals surface area contributed by atoms with Gasteiger partial charge in [0.1, 0.15) is 4.88 Å². The van der Waals surface area contributed by atoms with Crippen LogP contribution in [0.15, 0.2) is 12.4 Å². The first kappa shape index (κ1) is 24.5. The van der Waals surface area contributed by atoms with E-state index >= 15 is 0 Å². The third-order valence-corrected chi connectivity index (χ3v) is 7.66. The number of aromatic amines is 1. The van der Waals surface area contributed by atoms with Gasteiger partial charge in [-0.3, -0.25) is 4.79 Å². The van der Waals surface area contributed by atoms with E-state index in [0.717, 1.165) is 48.4 Å². The molecule has 0 aromatic carbocycles. The summed E-state index contributed by atoms with van der Waals surface area (Å²) in [6, 6.07) is -0.00689. The molecule has 192 valence electrons. The van der Waals surface area contributed by atoms with Crippen LogP contribution in [-0.4, -0.2) is 43.2 Å². The maximum absolute atomic E-state index is 13.1. The Bertz CT molecular complexity index is 1360. The maximum atomic E-state index is 13.1. The minimum Gasteiger partial charge on any atom is -0.361 e. The normalized spacial score (nSPS) is 16.1. The molecule has 3 aromatic rings. The first-order valence-electron chi connectivity index (χ1n) is 12.2. The van der Waals surface area contributed by atoms with Gasteiger partial charge in [-0.2, -0.15) is 13.2 Å². The van der Waals surface area contributed by atoms with Gasteiger partial charge in [0.25, 0.3) is 5.91 Å². The summed E-state index contributed by atoms with van der Waals surface area (Å²) < 4.78 is 40.4. The fourth-order valence-electron chi connectivity index (χ4n) is 4.77. The van der Waals surface area contributed by atoms with E-state index in [9.17, 15) is 18.0 Å². The van der Waals surface area contributed by atoms with Crippen molar-refractivity contribution in [3.8, 4) is 0 Å². The van der Waals surface area contributed by atoms with E-state index in [-0.39, 0.29) is 30.9 Å². The molecule has 0 fully saturated rings. The van der Waals surface area contributed by atoms with E-state index in [1.54, 1.807) is 0 Å². The van der Waals surface area contributed by atoms with Gasteiger partial charge in [0.15, 0.2) is 11.0 Å². The Kier molecular flexibility index (Phi) is 6.87. The Hall–Kier alpha value is -3.15. The fourth-order valence-corrected chi connectivity index (χ4v) is 5.62. The minimum absolute atomic E-state index is 0.00689. The number of halogens is 3. The lowest BCUT2D eigenvalue weighted by atomic mass is 10.00. The number of unbranched alkanes of at least 4 members (excludes halogenated alkanes) is 1. The van der Waals surface area contributed by atoms with Crippen molar-refractivity contribution < 1.29 is 18.0 Å². The molecule has 2 N–H and O–H groups in total. The summed E-state index contributed by atoms with van der Waals surface area (Å²) in [5.41, 5.74) is 1.21. The van der Waals surface area contributed by atoms with Crippen LogP contribution in [0.3, 0.4) is 0 Å². The topological polar surface area (TPSA) is 91.7 Å². The van der Waals surface area contributed by atoms with Crippen LogP contribution >= 0.6 is 11.3 Å². The molecule has 0 saturated heterocycles. The molecule has 8 nitrogen and oxygen atoms in total. The number of carbonyl (C=O) groups is 1. The summed E-state index contributed by atoms with van der Waals surface area (Å²) in [5, 5.41) is 13.2. The van der Waals surface area contributed by atoms with Crippen molar-refractivity contribution in [2.24, 2.45) is 0 Å². The lowest BCUT2D eigenvalue weighted by Gasteiger charge is -2.27. The second-order valence-corrected chi connectivity index (χ2v) is 10.2. The monoisotopic (exact) mass is 519 g/mol. The number of fused-ring (bicyclic) bond motifs is 2. The van der Waals surface area contributed by atoms with Crippen molar-refractivity contribution in [1.82, 2.24) is 30.0 Å². The van der Waals surface area contributed by atoms with Crippen LogP contribution in [-0.2, 0) is 25.7 Å². The Labute approximate surface area is 209 Å². The zero-order valence-electron chi connectivity index (χ0n) is 19.9. The SMILES string of the molecule is CCCCC(Cc1c[nH]c2c1=CCCC=2)NC(=O)c1cnc(N2CCn3c(nnc3C(F)(F)F)C2)s1. The van der Waals surface area contributed by atoms with Gasteiger partial charge in [0.2, 0.25) is 5.82 Å². The lowest BCUT2D eigenvalue weighted by molar-refractivity contribution is -0.147. The number of anilines is 1. The first-order chi connectivity index (χ1) is 17.3. The van der Waals surface area contributed by atoms with Crippen LogP contribution in [0.1, 0.15) is 65.9 Å². The fraction of sp³-hybridized carbons (Fsp3) is 0.500. The third-order valence-electron chi connectivity index (χ3n) is 6.60. The molecule has 3 aromatic heterocycles. The molecule has 0 radical (unpaired) electrons. The van der Waals surface area contributed by atoms with Crippen molar-refractivity contribution in [2.45, 2.75) is 70.8 Å². The highest BCUT2D eigenvalue weighted by atomic mass is 32.1. The molecular weight excluding hydrogens is 491 g/mol. The van der Waals surface area contributed by atoms with Crippen molar-refractivity contribution in [1.29, 1.82) is 0 Å². The van der Waals surface area contributed by atoms with Crippen molar-refractivity contribution >= 4 is 34.5 Å². The molecule has 0 bridgehead atoms. The molecule has 5 rings (SSSR count). The van der Waals surface area contributed by atoms with Crippen LogP contribution in [0.4, 0.5) is 18.3 Å². The minimum atomic E-state index is -4.54. The van der Waals surface area contributed by atoms with Crippen LogP contribution in [0.5, 0.6) is 0 Å². The summed E-state index contributed by atoms with van der Waals surface area (Å²) in [5.74, 6) is -0.925. The van der Waals surface area contributed by atoms with E-state index in [0.29, 0.717) is 16.6 Å². The maximum Gasteiger partial charge on any atom is 0.451 e. The van der Waals surface area contributed by atoms with Crippen LogP contribution in [0.2, 0.25) is 0 Å². The van der Waals surface area contributed by atoms with Gasteiger partial charge >= 0.3 is 6.18 Å². The van der Waals surface area contributed by atoms with E-state index in [4.69, 9.17) is 0 Å². The molecule has 1 unspecified atom stereocenters. The molecule has 1 atom stereocenters. The molecule has 1 aliphatic carbocycles. The number of hydrogen-bond acceptors (Lipinski definition) is 6. The smallest absolute Gasteiger partial charge is 0.361 e. The van der Waals surface area contributed by atoms with Gasteiger partial charge in [-0.25, -0.2) is 4.98 Å². The molecule has 1 amide bonds. The summed E-state index contributed by atoms with van der Waals surface area (Å²) in [6.45, 7) is 2.72. The number of aromatic nitrogens is 5. The standard InChI is InChI=1S/C24H28F3N7OS/c1-2-3-6-16(11-15-12-28-18-8-5-4-7-17(15)18)30-21(35)19-13-29-23(36-19)33-9-10-34-20(14-33)31-32-22(34)24(25,26)27/h7-8,12-13,16,28H,2-6,9-11,14H2,1H3,(H,30,35). The highest BCUT2D eigenvalue weighted by Crippen LogP contribution is 2.31. The molecule has 2 aliphatic rings. The number of alkyl halides is 3. The molecule has 0 saturated carbocycles. The number of amides is 1. The zero-order valence-corrected chi connectivity index (χ0v) is 20.8. The quantitative estimate of drug-likeness (QED) is 0.478. The molecule has 36 heavy (non-hydrogen) atoms. The molecule has 1 aliphatic heterocycles. The number of thiazole rings is 1. The highest BCUT2D eigenvalue weighted by Gasteiger charge is 2.39.